The maximum Gasteiger partial charge on any atom is 0.154 e. The van der Waals surface area contributed by atoms with Crippen molar-refractivity contribution in [2.45, 2.75) is 31.4 Å². The summed E-state index contributed by atoms with van der Waals surface area (Å²) in [5.41, 5.74) is 3.03. The van der Waals surface area contributed by atoms with Crippen molar-refractivity contribution in [1.82, 2.24) is 19.9 Å². The summed E-state index contributed by atoms with van der Waals surface area (Å²) in [6, 6.07) is 8.87. The first-order valence-corrected chi connectivity index (χ1v) is 10.1. The smallest absolute Gasteiger partial charge is 0.154 e. The van der Waals surface area contributed by atoms with Crippen molar-refractivity contribution in [1.29, 1.82) is 0 Å². The number of ether oxygens (including phenoxy) is 1. The summed E-state index contributed by atoms with van der Waals surface area (Å²) in [5.74, 6) is 1.87. The van der Waals surface area contributed by atoms with Gasteiger partial charge in [0.15, 0.2) is 5.65 Å². The van der Waals surface area contributed by atoms with Gasteiger partial charge in [-0.2, -0.15) is 0 Å². The predicted molar refractivity (Wildman–Crippen MR) is 108 cm³/mol. The van der Waals surface area contributed by atoms with E-state index in [4.69, 9.17) is 9.84 Å². The Morgan fingerprint density at radius 2 is 2.21 bits per heavy atom. The number of rotatable bonds is 0. The second-order valence-electron chi connectivity index (χ2n) is 8.30. The van der Waals surface area contributed by atoms with Crippen LogP contribution >= 0.6 is 0 Å². The number of imidazole rings is 1. The first-order chi connectivity index (χ1) is 14.1. The van der Waals surface area contributed by atoms with E-state index in [-0.39, 0.29) is 17.5 Å². The molecule has 3 aliphatic rings. The van der Waals surface area contributed by atoms with Crippen molar-refractivity contribution in [2.75, 3.05) is 18.0 Å². The first-order valence-electron chi connectivity index (χ1n) is 10.1. The molecule has 4 heterocycles. The largest absolute Gasteiger partial charge is 0.489 e. The van der Waals surface area contributed by atoms with Gasteiger partial charge in [-0.05, 0) is 56.0 Å². The molecule has 2 aromatic heterocycles. The molecule has 6 rings (SSSR count). The molecule has 2 bridgehead atoms. The molecule has 1 saturated carbocycles. The van der Waals surface area contributed by atoms with E-state index in [9.17, 15) is 4.39 Å². The number of hydrogen-bond acceptors (Lipinski definition) is 5. The number of piperidine rings is 1. The average Bonchev–Trinajstić information content (AvgIpc) is 3.10. The lowest BCUT2D eigenvalue weighted by molar-refractivity contribution is 0.219. The quantitative estimate of drug-likeness (QED) is 0.637. The Morgan fingerprint density at radius 1 is 1.31 bits per heavy atom. The van der Waals surface area contributed by atoms with E-state index in [1.807, 2.05) is 23.6 Å². The average molecular weight is 391 g/mol. The van der Waals surface area contributed by atoms with E-state index in [1.165, 1.54) is 6.07 Å². The molecule has 3 aromatic rings. The second kappa shape index (κ2) is 5.72. The lowest BCUT2D eigenvalue weighted by atomic mass is 10.0. The highest BCUT2D eigenvalue weighted by Gasteiger charge is 2.64. The SMILES string of the molecule is C=C1NC[C@H](C)Oc2ccc(F)cc2C23CC2CCN3c2ccc3ncc1n3n2. The van der Waals surface area contributed by atoms with Crippen LogP contribution in [0.1, 0.15) is 31.0 Å². The molecule has 6 nitrogen and oxygen atoms in total. The van der Waals surface area contributed by atoms with Crippen LogP contribution in [0.3, 0.4) is 0 Å². The van der Waals surface area contributed by atoms with Gasteiger partial charge in [0.2, 0.25) is 0 Å². The fraction of sp³-hybridized carbons (Fsp3) is 0.364. The second-order valence-corrected chi connectivity index (χ2v) is 8.30. The van der Waals surface area contributed by atoms with Gasteiger partial charge in [-0.3, -0.25) is 0 Å². The molecule has 1 spiro atoms. The fourth-order valence-electron chi connectivity index (χ4n) is 5.04. The van der Waals surface area contributed by atoms with E-state index in [1.54, 1.807) is 18.3 Å². The predicted octanol–water partition coefficient (Wildman–Crippen LogP) is 3.34. The number of benzene rings is 1. The highest BCUT2D eigenvalue weighted by molar-refractivity contribution is 5.63. The molecule has 2 fully saturated rings. The summed E-state index contributed by atoms with van der Waals surface area (Å²) in [5, 5.41) is 8.23. The molecule has 3 atom stereocenters. The van der Waals surface area contributed by atoms with Crippen molar-refractivity contribution in [2.24, 2.45) is 5.92 Å². The third-order valence-electron chi connectivity index (χ3n) is 6.53. The summed E-state index contributed by atoms with van der Waals surface area (Å²) in [6.07, 6.45) is 3.73. The molecule has 1 saturated heterocycles. The van der Waals surface area contributed by atoms with Crippen molar-refractivity contribution in [3.8, 4) is 5.75 Å². The summed E-state index contributed by atoms with van der Waals surface area (Å²) < 4.78 is 22.4. The van der Waals surface area contributed by atoms with Crippen molar-refractivity contribution >= 4 is 17.2 Å². The Morgan fingerprint density at radius 3 is 3.07 bits per heavy atom. The van der Waals surface area contributed by atoms with Crippen molar-refractivity contribution < 1.29 is 9.13 Å². The van der Waals surface area contributed by atoms with Crippen LogP contribution in [0, 0.1) is 11.7 Å². The van der Waals surface area contributed by atoms with Crippen molar-refractivity contribution in [3.63, 3.8) is 0 Å². The summed E-state index contributed by atoms with van der Waals surface area (Å²) in [6.45, 7) is 7.63. The third kappa shape index (κ3) is 2.33. The Hall–Kier alpha value is -3.09. The number of anilines is 1. The standard InChI is InChI=1S/C22H22FN5O/c1-13-11-24-14(2)18-12-25-20-5-6-21(26-28(18)20)27-8-7-15-10-22(15,27)17-9-16(23)3-4-19(17)29-13/h3-6,9,12-13,15,24H,2,7-8,10-11H2,1H3/t13-,15?,22?/m0/s1. The normalized spacial score (nSPS) is 27.8. The van der Waals surface area contributed by atoms with Gasteiger partial charge in [0.1, 0.15) is 29.2 Å². The molecule has 2 unspecified atom stereocenters. The molecule has 0 radical (unpaired) electrons. The summed E-state index contributed by atoms with van der Waals surface area (Å²) in [7, 11) is 0. The van der Waals surface area contributed by atoms with Crippen LogP contribution in [0.2, 0.25) is 0 Å². The molecular weight excluding hydrogens is 369 g/mol. The maximum absolute atomic E-state index is 14.3. The molecule has 2 aliphatic heterocycles. The van der Waals surface area contributed by atoms with Gasteiger partial charge < -0.3 is 15.0 Å². The van der Waals surface area contributed by atoms with E-state index >= 15 is 0 Å². The minimum atomic E-state index is -0.253. The number of hydrogen-bond donors (Lipinski definition) is 1. The Labute approximate surface area is 168 Å². The molecule has 1 N–H and O–H groups in total. The monoisotopic (exact) mass is 391 g/mol. The molecule has 1 aromatic carbocycles. The highest BCUT2D eigenvalue weighted by atomic mass is 19.1. The number of aromatic nitrogens is 3. The number of nitrogens with zero attached hydrogens (tertiary/aromatic N) is 4. The van der Waals surface area contributed by atoms with Crippen LogP contribution in [0.15, 0.2) is 43.1 Å². The van der Waals surface area contributed by atoms with Gasteiger partial charge in [0.25, 0.3) is 0 Å². The molecule has 148 valence electrons. The minimum absolute atomic E-state index is 0.111. The maximum atomic E-state index is 14.3. The lowest BCUT2D eigenvalue weighted by Crippen LogP contribution is -2.35. The zero-order valence-electron chi connectivity index (χ0n) is 16.2. The van der Waals surface area contributed by atoms with Crippen LogP contribution in [-0.2, 0) is 5.54 Å². The zero-order valence-corrected chi connectivity index (χ0v) is 16.2. The Kier molecular flexibility index (Phi) is 3.32. The Balaban J connectivity index is 1.58. The number of halogens is 1. The van der Waals surface area contributed by atoms with Gasteiger partial charge in [-0.1, -0.05) is 6.58 Å². The van der Waals surface area contributed by atoms with Crippen LogP contribution < -0.4 is 15.0 Å². The van der Waals surface area contributed by atoms with Gasteiger partial charge in [0, 0.05) is 12.1 Å². The van der Waals surface area contributed by atoms with E-state index in [0.717, 1.165) is 53.6 Å². The molecular formula is C22H22FN5O. The topological polar surface area (TPSA) is 54.7 Å². The summed E-state index contributed by atoms with van der Waals surface area (Å²) in [4.78, 5) is 6.78. The number of nitrogens with one attached hydrogen (secondary N) is 1. The molecule has 1 aliphatic carbocycles. The van der Waals surface area contributed by atoms with Crippen LogP contribution in [0.4, 0.5) is 10.2 Å². The third-order valence-corrected chi connectivity index (χ3v) is 6.53. The zero-order chi connectivity index (χ0) is 19.8. The van der Waals surface area contributed by atoms with Crippen LogP contribution in [0.5, 0.6) is 5.75 Å². The lowest BCUT2D eigenvalue weighted by Gasteiger charge is -2.31. The first kappa shape index (κ1) is 16.8. The number of fused-ring (bicyclic) bond motifs is 3. The summed E-state index contributed by atoms with van der Waals surface area (Å²) >= 11 is 0. The van der Waals surface area contributed by atoms with Gasteiger partial charge in [-0.15, -0.1) is 5.10 Å². The fourth-order valence-corrected chi connectivity index (χ4v) is 5.04. The molecule has 29 heavy (non-hydrogen) atoms. The van der Waals surface area contributed by atoms with E-state index in [2.05, 4.69) is 21.8 Å². The van der Waals surface area contributed by atoms with E-state index < -0.39 is 0 Å². The van der Waals surface area contributed by atoms with Gasteiger partial charge in [0.05, 0.1) is 24.0 Å². The highest BCUT2D eigenvalue weighted by Crippen LogP contribution is 2.65. The van der Waals surface area contributed by atoms with Crippen molar-refractivity contribution in [3.05, 3.63) is 60.2 Å². The van der Waals surface area contributed by atoms with E-state index in [0.29, 0.717) is 12.5 Å². The van der Waals surface area contributed by atoms with Crippen LogP contribution in [0.25, 0.3) is 11.3 Å². The van der Waals surface area contributed by atoms with Gasteiger partial charge >= 0.3 is 0 Å². The molecule has 0 amide bonds. The Bertz CT molecular complexity index is 1160. The molecule has 7 heteroatoms. The van der Waals surface area contributed by atoms with Crippen LogP contribution in [-0.4, -0.2) is 33.8 Å². The van der Waals surface area contributed by atoms with Gasteiger partial charge in [-0.25, -0.2) is 13.9 Å². The minimum Gasteiger partial charge on any atom is -0.489 e.